The molecule has 0 bridgehead atoms. The number of hydrogen-bond acceptors (Lipinski definition) is 5. The van der Waals surface area contributed by atoms with E-state index >= 15 is 0 Å². The minimum atomic E-state index is -0.477. The molecule has 0 aliphatic heterocycles. The molecule has 0 radical (unpaired) electrons. The van der Waals surface area contributed by atoms with Crippen molar-refractivity contribution in [1.82, 2.24) is 4.98 Å². The molecule has 0 fully saturated rings. The van der Waals surface area contributed by atoms with Crippen LogP contribution in [0.25, 0.3) is 0 Å². The summed E-state index contributed by atoms with van der Waals surface area (Å²) in [6.45, 7) is 0.611. The summed E-state index contributed by atoms with van der Waals surface area (Å²) < 4.78 is 17.6. The summed E-state index contributed by atoms with van der Waals surface area (Å²) in [7, 11) is 1.30. The summed E-state index contributed by atoms with van der Waals surface area (Å²) in [5.41, 5.74) is 2.90. The third-order valence-corrected chi connectivity index (χ3v) is 4.20. The topological polar surface area (TPSA) is 80.3 Å². The van der Waals surface area contributed by atoms with E-state index < -0.39 is 5.97 Å². The van der Waals surface area contributed by atoms with Crippen LogP contribution < -0.4 is 10.6 Å². The van der Waals surface area contributed by atoms with Crippen LogP contribution in [0.15, 0.2) is 67.0 Å². The van der Waals surface area contributed by atoms with Gasteiger partial charge in [0.15, 0.2) is 0 Å². The highest BCUT2D eigenvalue weighted by atomic mass is 19.1. The average molecular weight is 393 g/mol. The second-order valence-electron chi connectivity index (χ2n) is 6.29. The number of nitrogens with one attached hydrogen (secondary N) is 2. The molecule has 0 saturated heterocycles. The number of halogens is 1. The summed E-state index contributed by atoms with van der Waals surface area (Å²) in [6, 6.07) is 14.5. The number of aromatic nitrogens is 1. The van der Waals surface area contributed by atoms with Crippen molar-refractivity contribution in [3.8, 4) is 0 Å². The maximum atomic E-state index is 12.9. The van der Waals surface area contributed by atoms with Gasteiger partial charge in [0, 0.05) is 24.6 Å². The van der Waals surface area contributed by atoms with E-state index in [-0.39, 0.29) is 11.7 Å². The van der Waals surface area contributed by atoms with Crippen LogP contribution in [0.3, 0.4) is 0 Å². The molecular formula is C22H20FN3O3. The molecule has 0 atom stereocenters. The molecule has 1 heterocycles. The Morgan fingerprint density at radius 3 is 2.52 bits per heavy atom. The zero-order chi connectivity index (χ0) is 20.6. The lowest BCUT2D eigenvalue weighted by atomic mass is 10.1. The van der Waals surface area contributed by atoms with Gasteiger partial charge in [-0.2, -0.15) is 0 Å². The fraction of sp³-hybridized carbons (Fsp3) is 0.136. The van der Waals surface area contributed by atoms with Crippen LogP contribution >= 0.6 is 0 Å². The molecule has 29 heavy (non-hydrogen) atoms. The van der Waals surface area contributed by atoms with Crippen molar-refractivity contribution >= 4 is 23.3 Å². The van der Waals surface area contributed by atoms with Crippen molar-refractivity contribution < 1.29 is 18.7 Å². The average Bonchev–Trinajstić information content (AvgIpc) is 2.75. The summed E-state index contributed by atoms with van der Waals surface area (Å²) in [4.78, 5) is 28.2. The van der Waals surface area contributed by atoms with Gasteiger partial charge < -0.3 is 15.4 Å². The Kier molecular flexibility index (Phi) is 6.52. The molecule has 148 valence electrons. The van der Waals surface area contributed by atoms with E-state index in [0.717, 1.165) is 5.56 Å². The lowest BCUT2D eigenvalue weighted by molar-refractivity contribution is 0.0600. The Hall–Kier alpha value is -3.74. The minimum Gasteiger partial charge on any atom is -0.465 e. The number of pyridine rings is 1. The number of nitrogens with zero attached hydrogens (tertiary/aromatic N) is 1. The van der Waals surface area contributed by atoms with Crippen LogP contribution in [-0.2, 0) is 11.2 Å². The number of carbonyl (C=O) groups is 2. The van der Waals surface area contributed by atoms with Crippen molar-refractivity contribution in [1.29, 1.82) is 0 Å². The van der Waals surface area contributed by atoms with Crippen molar-refractivity contribution in [2.75, 3.05) is 24.3 Å². The van der Waals surface area contributed by atoms with Gasteiger partial charge in [-0.3, -0.25) is 9.78 Å². The zero-order valence-electron chi connectivity index (χ0n) is 15.8. The molecule has 2 N–H and O–H groups in total. The summed E-state index contributed by atoms with van der Waals surface area (Å²) in [5, 5.41) is 5.94. The van der Waals surface area contributed by atoms with Crippen LogP contribution in [-0.4, -0.2) is 30.5 Å². The molecule has 1 amide bonds. The monoisotopic (exact) mass is 393 g/mol. The van der Waals surface area contributed by atoms with E-state index in [1.807, 2.05) is 0 Å². The van der Waals surface area contributed by atoms with E-state index in [9.17, 15) is 14.0 Å². The molecular weight excluding hydrogens is 373 g/mol. The quantitative estimate of drug-likeness (QED) is 0.595. The van der Waals surface area contributed by atoms with Gasteiger partial charge >= 0.3 is 5.97 Å². The predicted octanol–water partition coefficient (Wildman–Crippen LogP) is 3.91. The number of methoxy groups -OCH3 is 1. The number of esters is 1. The van der Waals surface area contributed by atoms with Gasteiger partial charge in [0.2, 0.25) is 0 Å². The number of ether oxygens (including phenoxy) is 1. The van der Waals surface area contributed by atoms with E-state index in [2.05, 4.69) is 20.4 Å². The van der Waals surface area contributed by atoms with E-state index in [1.54, 1.807) is 48.7 Å². The Morgan fingerprint density at radius 1 is 1.00 bits per heavy atom. The SMILES string of the molecule is COC(=O)c1cccc(NC(=O)c2cncc(NCCc3ccc(F)cc3)c2)c1. The van der Waals surface area contributed by atoms with Crippen molar-refractivity contribution in [2.24, 2.45) is 0 Å². The van der Waals surface area contributed by atoms with Crippen LogP contribution in [0.5, 0.6) is 0 Å². The summed E-state index contributed by atoms with van der Waals surface area (Å²) >= 11 is 0. The van der Waals surface area contributed by atoms with Crippen LogP contribution in [0, 0.1) is 5.82 Å². The molecule has 2 aromatic carbocycles. The van der Waals surface area contributed by atoms with E-state index in [0.29, 0.717) is 35.5 Å². The Balaban J connectivity index is 1.60. The second-order valence-corrected chi connectivity index (χ2v) is 6.29. The van der Waals surface area contributed by atoms with Crippen molar-refractivity contribution in [3.63, 3.8) is 0 Å². The molecule has 6 nitrogen and oxygen atoms in total. The number of hydrogen-bond donors (Lipinski definition) is 2. The van der Waals surface area contributed by atoms with Gasteiger partial charge in [-0.25, -0.2) is 9.18 Å². The number of amides is 1. The van der Waals surface area contributed by atoms with Gasteiger partial charge in [-0.1, -0.05) is 18.2 Å². The number of anilines is 2. The Morgan fingerprint density at radius 2 is 1.76 bits per heavy atom. The van der Waals surface area contributed by atoms with Gasteiger partial charge in [0.05, 0.1) is 23.9 Å². The van der Waals surface area contributed by atoms with Gasteiger partial charge in [-0.05, 0) is 48.4 Å². The lowest BCUT2D eigenvalue weighted by Crippen LogP contribution is -2.14. The van der Waals surface area contributed by atoms with Crippen LogP contribution in [0.2, 0.25) is 0 Å². The first-order valence-electron chi connectivity index (χ1n) is 8.98. The summed E-state index contributed by atoms with van der Waals surface area (Å²) in [5.74, 6) is -1.08. The fourth-order valence-electron chi connectivity index (χ4n) is 2.71. The first-order valence-corrected chi connectivity index (χ1v) is 8.98. The smallest absolute Gasteiger partial charge is 0.337 e. The first kappa shape index (κ1) is 20.0. The number of benzene rings is 2. The highest BCUT2D eigenvalue weighted by Crippen LogP contribution is 2.15. The Bertz CT molecular complexity index is 1010. The van der Waals surface area contributed by atoms with Crippen LogP contribution in [0.1, 0.15) is 26.3 Å². The maximum Gasteiger partial charge on any atom is 0.337 e. The third-order valence-electron chi connectivity index (χ3n) is 4.20. The molecule has 0 aliphatic carbocycles. The third kappa shape index (κ3) is 5.62. The lowest BCUT2D eigenvalue weighted by Gasteiger charge is -2.09. The highest BCUT2D eigenvalue weighted by Gasteiger charge is 2.10. The number of carbonyl (C=O) groups excluding carboxylic acids is 2. The molecule has 3 aromatic rings. The molecule has 0 saturated carbocycles. The second kappa shape index (κ2) is 9.45. The maximum absolute atomic E-state index is 12.9. The predicted molar refractivity (Wildman–Crippen MR) is 109 cm³/mol. The van der Waals surface area contributed by atoms with Gasteiger partial charge in [0.25, 0.3) is 5.91 Å². The molecule has 0 unspecified atom stereocenters. The molecule has 0 spiro atoms. The molecule has 7 heteroatoms. The zero-order valence-corrected chi connectivity index (χ0v) is 15.8. The van der Waals surface area contributed by atoms with Crippen molar-refractivity contribution in [3.05, 3.63) is 89.5 Å². The highest BCUT2D eigenvalue weighted by molar-refractivity contribution is 6.05. The van der Waals surface area contributed by atoms with Gasteiger partial charge in [0.1, 0.15) is 5.82 Å². The minimum absolute atomic E-state index is 0.262. The van der Waals surface area contributed by atoms with Gasteiger partial charge in [-0.15, -0.1) is 0 Å². The molecule has 3 rings (SSSR count). The van der Waals surface area contributed by atoms with E-state index in [4.69, 9.17) is 0 Å². The normalized spacial score (nSPS) is 10.3. The summed E-state index contributed by atoms with van der Waals surface area (Å²) in [6.07, 6.45) is 3.79. The van der Waals surface area contributed by atoms with E-state index in [1.165, 1.54) is 25.4 Å². The Labute approximate surface area is 167 Å². The number of rotatable bonds is 7. The molecule has 0 aliphatic rings. The first-order chi connectivity index (χ1) is 14.0. The van der Waals surface area contributed by atoms with Crippen LogP contribution in [0.4, 0.5) is 15.8 Å². The standard InChI is InChI=1S/C22H20FN3O3/c1-29-22(28)16-3-2-4-19(11-16)26-21(27)17-12-20(14-24-13-17)25-10-9-15-5-7-18(23)8-6-15/h2-8,11-14,25H,9-10H2,1H3,(H,26,27). The van der Waals surface area contributed by atoms with Crippen molar-refractivity contribution in [2.45, 2.75) is 6.42 Å². The fourth-order valence-corrected chi connectivity index (χ4v) is 2.71. The largest absolute Gasteiger partial charge is 0.465 e. The molecule has 1 aromatic heterocycles.